The highest BCUT2D eigenvalue weighted by Crippen LogP contribution is 2.00. The molecule has 0 unspecified atom stereocenters. The van der Waals surface area contributed by atoms with Crippen LogP contribution in [0.25, 0.3) is 0 Å². The number of nitrogens with one attached hydrogen (secondary N) is 1. The van der Waals surface area contributed by atoms with Gasteiger partial charge in [0, 0.05) is 0 Å². The molecule has 0 aromatic heterocycles. The van der Waals surface area contributed by atoms with E-state index in [2.05, 4.69) is 5.32 Å². The van der Waals surface area contributed by atoms with Crippen LogP contribution in [0.3, 0.4) is 0 Å². The molecule has 0 radical (unpaired) electrons. The van der Waals surface area contributed by atoms with E-state index in [-0.39, 0.29) is 5.78 Å². The van der Waals surface area contributed by atoms with Gasteiger partial charge < -0.3 is 5.32 Å². The van der Waals surface area contributed by atoms with Gasteiger partial charge >= 0.3 is 0 Å². The molecular weight excluding hydrogens is 118 g/mol. The topological polar surface area (TPSA) is 46.2 Å². The van der Waals surface area contributed by atoms with E-state index in [1.165, 1.54) is 6.92 Å². The van der Waals surface area contributed by atoms with Gasteiger partial charge in [-0.25, -0.2) is 0 Å². The number of rotatable bonds is 3. The fourth-order valence-electron chi connectivity index (χ4n) is 0.249. The second-order valence-corrected chi connectivity index (χ2v) is 2.44. The number of ketones is 1. The van der Waals surface area contributed by atoms with Gasteiger partial charge in [-0.15, -0.1) is 0 Å². The molecule has 1 N–H and O–H groups in total. The molecular formula is C6H11NO2. The van der Waals surface area contributed by atoms with Crippen LogP contribution in [0.15, 0.2) is 0 Å². The third-order valence-electron chi connectivity index (χ3n) is 1.30. The summed E-state index contributed by atoms with van der Waals surface area (Å²) < 4.78 is 0. The van der Waals surface area contributed by atoms with E-state index in [4.69, 9.17) is 0 Å². The Kier molecular flexibility index (Phi) is 2.37. The summed E-state index contributed by atoms with van der Waals surface area (Å²) in [4.78, 5) is 20.5. The molecule has 0 saturated heterocycles. The van der Waals surface area contributed by atoms with Gasteiger partial charge in [0.25, 0.3) is 0 Å². The second kappa shape index (κ2) is 2.62. The average Bonchev–Trinajstić information content (AvgIpc) is 1.65. The van der Waals surface area contributed by atoms with Gasteiger partial charge in [-0.2, -0.15) is 0 Å². The number of hydrogen-bond donors (Lipinski definition) is 1. The maximum atomic E-state index is 10.6. The van der Waals surface area contributed by atoms with Gasteiger partial charge in [0.1, 0.15) is 0 Å². The Labute approximate surface area is 54.4 Å². The Hall–Kier alpha value is -0.860. The maximum Gasteiger partial charge on any atom is 0.207 e. The summed E-state index contributed by atoms with van der Waals surface area (Å²) in [5.41, 5.74) is -0.707. The zero-order valence-corrected chi connectivity index (χ0v) is 5.89. The smallest absolute Gasteiger partial charge is 0.207 e. The van der Waals surface area contributed by atoms with Crippen LogP contribution in [0.1, 0.15) is 20.8 Å². The van der Waals surface area contributed by atoms with Crippen LogP contribution in [-0.4, -0.2) is 17.7 Å². The second-order valence-electron chi connectivity index (χ2n) is 2.44. The van der Waals surface area contributed by atoms with Gasteiger partial charge in [-0.3, -0.25) is 9.59 Å². The molecule has 0 aliphatic heterocycles. The summed E-state index contributed by atoms with van der Waals surface area (Å²) in [6.45, 7) is 4.75. The van der Waals surface area contributed by atoms with Crippen molar-refractivity contribution in [2.24, 2.45) is 0 Å². The van der Waals surface area contributed by atoms with Crippen LogP contribution in [0.5, 0.6) is 0 Å². The van der Waals surface area contributed by atoms with E-state index in [0.29, 0.717) is 6.41 Å². The first-order valence-electron chi connectivity index (χ1n) is 2.73. The summed E-state index contributed by atoms with van der Waals surface area (Å²) in [7, 11) is 0. The van der Waals surface area contributed by atoms with Crippen molar-refractivity contribution in [3.8, 4) is 0 Å². The summed E-state index contributed by atoms with van der Waals surface area (Å²) in [5.74, 6) is -0.0467. The summed E-state index contributed by atoms with van der Waals surface area (Å²) in [5, 5.41) is 2.39. The highest BCUT2D eigenvalue weighted by atomic mass is 16.1. The van der Waals surface area contributed by atoms with Crippen molar-refractivity contribution < 1.29 is 9.59 Å². The third-order valence-corrected chi connectivity index (χ3v) is 1.30. The van der Waals surface area contributed by atoms with E-state index < -0.39 is 5.54 Å². The first kappa shape index (κ1) is 8.14. The van der Waals surface area contributed by atoms with Crippen LogP contribution >= 0.6 is 0 Å². The monoisotopic (exact) mass is 129 g/mol. The number of carbonyl (C=O) groups excluding carboxylic acids is 2. The van der Waals surface area contributed by atoms with Gasteiger partial charge in [0.05, 0.1) is 5.54 Å². The number of hydrogen-bond acceptors (Lipinski definition) is 2. The van der Waals surface area contributed by atoms with Crippen molar-refractivity contribution >= 4 is 12.2 Å². The molecule has 0 atom stereocenters. The highest BCUT2D eigenvalue weighted by molar-refractivity contribution is 5.86. The molecule has 3 heteroatoms. The van der Waals surface area contributed by atoms with Crippen LogP contribution in [0.2, 0.25) is 0 Å². The fraction of sp³-hybridized carbons (Fsp3) is 0.667. The van der Waals surface area contributed by atoms with Crippen LogP contribution < -0.4 is 5.32 Å². The Morgan fingerprint density at radius 1 is 1.56 bits per heavy atom. The van der Waals surface area contributed by atoms with Crippen molar-refractivity contribution in [2.45, 2.75) is 26.3 Å². The number of carbonyl (C=O) groups is 2. The quantitative estimate of drug-likeness (QED) is 0.549. The molecule has 0 bridgehead atoms. The van der Waals surface area contributed by atoms with Crippen LogP contribution in [0, 0.1) is 0 Å². The normalized spacial score (nSPS) is 10.6. The zero-order chi connectivity index (χ0) is 7.49. The Balaban J connectivity index is 4.00. The lowest BCUT2D eigenvalue weighted by atomic mass is 10.0. The van der Waals surface area contributed by atoms with E-state index in [1.807, 2.05) is 0 Å². The third kappa shape index (κ3) is 2.26. The minimum Gasteiger partial charge on any atom is -0.347 e. The summed E-state index contributed by atoms with van der Waals surface area (Å²) in [6.07, 6.45) is 0.529. The molecule has 9 heavy (non-hydrogen) atoms. The van der Waals surface area contributed by atoms with E-state index >= 15 is 0 Å². The lowest BCUT2D eigenvalue weighted by molar-refractivity contribution is -0.125. The maximum absolute atomic E-state index is 10.6. The predicted octanol–water partition coefficient (Wildman–Crippen LogP) is 0.1000. The van der Waals surface area contributed by atoms with Crippen molar-refractivity contribution in [3.63, 3.8) is 0 Å². The van der Waals surface area contributed by atoms with Crippen LogP contribution in [0.4, 0.5) is 0 Å². The molecule has 52 valence electrons. The Bertz CT molecular complexity index is 129. The number of amides is 1. The minimum absolute atomic E-state index is 0.0467. The molecule has 0 aromatic rings. The van der Waals surface area contributed by atoms with Gasteiger partial charge in [-0.1, -0.05) is 0 Å². The van der Waals surface area contributed by atoms with E-state index in [0.717, 1.165) is 0 Å². The minimum atomic E-state index is -0.707. The highest BCUT2D eigenvalue weighted by Gasteiger charge is 2.21. The van der Waals surface area contributed by atoms with Crippen molar-refractivity contribution in [1.82, 2.24) is 5.32 Å². The lowest BCUT2D eigenvalue weighted by Gasteiger charge is -2.18. The predicted molar refractivity (Wildman–Crippen MR) is 34.0 cm³/mol. The Morgan fingerprint density at radius 3 is 2.11 bits per heavy atom. The molecule has 0 heterocycles. The van der Waals surface area contributed by atoms with Crippen molar-refractivity contribution in [3.05, 3.63) is 0 Å². The molecule has 0 rings (SSSR count). The van der Waals surface area contributed by atoms with Crippen molar-refractivity contribution in [2.75, 3.05) is 0 Å². The molecule has 3 nitrogen and oxygen atoms in total. The zero-order valence-electron chi connectivity index (χ0n) is 5.89. The van der Waals surface area contributed by atoms with E-state index in [1.54, 1.807) is 13.8 Å². The van der Waals surface area contributed by atoms with Gasteiger partial charge in [-0.05, 0) is 20.8 Å². The standard InChI is InChI=1S/C6H11NO2/c1-5(9)6(2,3)7-4-8/h4H,1-3H3,(H,7,8). The molecule has 0 aliphatic rings. The molecule has 0 aliphatic carbocycles. The first-order valence-corrected chi connectivity index (χ1v) is 2.73. The first-order chi connectivity index (χ1) is 4.00. The van der Waals surface area contributed by atoms with Gasteiger partial charge in [0.15, 0.2) is 5.78 Å². The number of Topliss-reactive ketones (excluding diaryl/α,β-unsaturated/α-hetero) is 1. The average molecular weight is 129 g/mol. The van der Waals surface area contributed by atoms with Crippen molar-refractivity contribution in [1.29, 1.82) is 0 Å². The Morgan fingerprint density at radius 2 is 2.00 bits per heavy atom. The largest absolute Gasteiger partial charge is 0.347 e. The molecule has 0 fully saturated rings. The lowest BCUT2D eigenvalue weighted by Crippen LogP contribution is -2.44. The molecule has 0 spiro atoms. The summed E-state index contributed by atoms with van der Waals surface area (Å²) in [6, 6.07) is 0. The molecule has 0 aromatic carbocycles. The molecule has 0 saturated carbocycles. The fourth-order valence-corrected chi connectivity index (χ4v) is 0.249. The molecule has 1 amide bonds. The van der Waals surface area contributed by atoms with E-state index in [9.17, 15) is 9.59 Å². The van der Waals surface area contributed by atoms with Gasteiger partial charge in [0.2, 0.25) is 6.41 Å². The summed E-state index contributed by atoms with van der Waals surface area (Å²) >= 11 is 0. The van der Waals surface area contributed by atoms with Crippen LogP contribution in [-0.2, 0) is 9.59 Å². The SMILES string of the molecule is CC(=O)C(C)(C)NC=O.